The first-order valence-corrected chi connectivity index (χ1v) is 2.87. The molecule has 0 aliphatic heterocycles. The van der Waals surface area contributed by atoms with Crippen molar-refractivity contribution in [3.8, 4) is 0 Å². The number of carbonyl (C=O) groups excluding carboxylic acids is 3. The van der Waals surface area contributed by atoms with Crippen LogP contribution in [-0.2, 0) is 31.5 Å². The quantitative estimate of drug-likeness (QED) is 0.550. The summed E-state index contributed by atoms with van der Waals surface area (Å²) in [6, 6.07) is 0. The van der Waals surface area contributed by atoms with Gasteiger partial charge in [0.25, 0.3) is 0 Å². The van der Waals surface area contributed by atoms with E-state index in [0.717, 1.165) is 0 Å². The molecule has 0 aromatic rings. The van der Waals surface area contributed by atoms with Crippen molar-refractivity contribution in [2.75, 3.05) is 0 Å². The molecular formula is C7H14FeO3. The molecule has 0 amide bonds. The number of hydrogen-bond donors (Lipinski definition) is 0. The third-order valence-corrected chi connectivity index (χ3v) is 1.000. The number of rotatable bonds is 0. The molecule has 1 saturated carbocycles. The van der Waals surface area contributed by atoms with Crippen molar-refractivity contribution in [2.45, 2.75) is 25.7 Å². The van der Waals surface area contributed by atoms with Crippen molar-refractivity contribution < 1.29 is 31.5 Å². The molecule has 0 spiro atoms. The molecule has 0 aromatic carbocycles. The summed E-state index contributed by atoms with van der Waals surface area (Å²) in [4.78, 5) is 24.0. The first kappa shape index (κ1) is 22.4. The van der Waals surface area contributed by atoms with Crippen molar-refractivity contribution >= 4 is 20.4 Å². The van der Waals surface area contributed by atoms with Gasteiger partial charge in [-0.3, -0.25) is 0 Å². The first-order chi connectivity index (χ1) is 5.00. The zero-order valence-electron chi connectivity index (χ0n) is 6.53. The van der Waals surface area contributed by atoms with Gasteiger partial charge in [-0.2, -0.15) is 0 Å². The van der Waals surface area contributed by atoms with Crippen LogP contribution in [-0.4, -0.2) is 20.4 Å². The molecule has 11 heavy (non-hydrogen) atoms. The molecule has 0 bridgehead atoms. The second-order valence-corrected chi connectivity index (χ2v) is 1.41. The molecule has 0 unspecified atom stereocenters. The minimum Gasteiger partial charge on any atom is -0.307 e. The summed E-state index contributed by atoms with van der Waals surface area (Å²) >= 11 is 0. The molecule has 68 valence electrons. The fraction of sp³-hybridized carbons (Fsp3) is 0.571. The standard InChI is InChI=1S/C4H8.3CH2O.Fe/c1-2-4-3-1;3*1-2;/h1-4H2;3*1H2;. The Morgan fingerprint density at radius 1 is 0.545 bits per heavy atom. The third kappa shape index (κ3) is 43.4. The van der Waals surface area contributed by atoms with Gasteiger partial charge < -0.3 is 14.4 Å². The molecular weight excluding hydrogens is 188 g/mol. The fourth-order valence-electron chi connectivity index (χ4n) is 0.250. The van der Waals surface area contributed by atoms with Crippen LogP contribution >= 0.6 is 0 Å². The topological polar surface area (TPSA) is 51.2 Å². The maximum absolute atomic E-state index is 8.00. The summed E-state index contributed by atoms with van der Waals surface area (Å²) in [6.07, 6.45) is 6.00. The molecule has 1 rings (SSSR count). The fourth-order valence-corrected chi connectivity index (χ4v) is 0.250. The van der Waals surface area contributed by atoms with Gasteiger partial charge in [-0.15, -0.1) is 0 Å². The van der Waals surface area contributed by atoms with E-state index in [-0.39, 0.29) is 17.1 Å². The largest absolute Gasteiger partial charge is 0.307 e. The molecule has 0 radical (unpaired) electrons. The van der Waals surface area contributed by atoms with E-state index in [0.29, 0.717) is 0 Å². The predicted molar refractivity (Wildman–Crippen MR) is 39.8 cm³/mol. The maximum atomic E-state index is 8.00. The van der Waals surface area contributed by atoms with Gasteiger partial charge in [0, 0.05) is 17.1 Å². The Hall–Kier alpha value is -0.471. The molecule has 1 aliphatic rings. The smallest absolute Gasteiger partial charge is 0.106 e. The van der Waals surface area contributed by atoms with E-state index in [1.165, 1.54) is 25.7 Å². The van der Waals surface area contributed by atoms with Crippen LogP contribution in [0.3, 0.4) is 0 Å². The van der Waals surface area contributed by atoms with Gasteiger partial charge in [0.15, 0.2) is 0 Å². The zero-order chi connectivity index (χ0) is 8.83. The number of hydrogen-bond acceptors (Lipinski definition) is 3. The molecule has 1 aliphatic carbocycles. The van der Waals surface area contributed by atoms with Crippen molar-refractivity contribution in [1.82, 2.24) is 0 Å². The van der Waals surface area contributed by atoms with E-state index < -0.39 is 0 Å². The number of carbonyl (C=O) groups is 3. The van der Waals surface area contributed by atoms with E-state index in [1.54, 1.807) is 0 Å². The van der Waals surface area contributed by atoms with E-state index in [1.807, 2.05) is 20.4 Å². The molecule has 0 atom stereocenters. The summed E-state index contributed by atoms with van der Waals surface area (Å²) in [6.45, 7) is 6.00. The maximum Gasteiger partial charge on any atom is 0.106 e. The van der Waals surface area contributed by atoms with Crippen molar-refractivity contribution in [2.24, 2.45) is 0 Å². The van der Waals surface area contributed by atoms with E-state index in [2.05, 4.69) is 0 Å². The molecule has 4 heteroatoms. The second kappa shape index (κ2) is 55.7. The van der Waals surface area contributed by atoms with Crippen molar-refractivity contribution in [1.29, 1.82) is 0 Å². The summed E-state index contributed by atoms with van der Waals surface area (Å²) in [5.41, 5.74) is 0. The molecule has 3 nitrogen and oxygen atoms in total. The molecule has 0 heterocycles. The Labute approximate surface area is 78.0 Å². The van der Waals surface area contributed by atoms with Crippen LogP contribution in [0.2, 0.25) is 0 Å². The van der Waals surface area contributed by atoms with Gasteiger partial charge in [-0.25, -0.2) is 0 Å². The van der Waals surface area contributed by atoms with Gasteiger partial charge in [0.1, 0.15) is 20.4 Å². The van der Waals surface area contributed by atoms with Gasteiger partial charge in [-0.05, 0) is 0 Å². The summed E-state index contributed by atoms with van der Waals surface area (Å²) in [5, 5.41) is 0. The first-order valence-electron chi connectivity index (χ1n) is 2.87. The van der Waals surface area contributed by atoms with E-state index in [4.69, 9.17) is 14.4 Å². The average molecular weight is 202 g/mol. The Morgan fingerprint density at radius 2 is 0.636 bits per heavy atom. The van der Waals surface area contributed by atoms with Crippen LogP contribution in [0.15, 0.2) is 0 Å². The average Bonchev–Trinajstić information content (AvgIpc) is 1.96. The normalized spacial score (nSPS) is 9.82. The second-order valence-electron chi connectivity index (χ2n) is 1.41. The Balaban J connectivity index is -0.0000000317. The van der Waals surface area contributed by atoms with Gasteiger partial charge in [0.05, 0.1) is 0 Å². The predicted octanol–water partition coefficient (Wildman–Crippen LogP) is 1.00. The molecule has 0 N–H and O–H groups in total. The van der Waals surface area contributed by atoms with Crippen LogP contribution in [0.5, 0.6) is 0 Å². The molecule has 1 fully saturated rings. The Kier molecular flexibility index (Phi) is 113. The van der Waals surface area contributed by atoms with Crippen LogP contribution in [0.25, 0.3) is 0 Å². The van der Waals surface area contributed by atoms with Gasteiger partial charge >= 0.3 is 0 Å². The zero-order valence-corrected chi connectivity index (χ0v) is 7.63. The minimum atomic E-state index is 0. The van der Waals surface area contributed by atoms with E-state index in [9.17, 15) is 0 Å². The summed E-state index contributed by atoms with van der Waals surface area (Å²) in [5.74, 6) is 0. The van der Waals surface area contributed by atoms with Gasteiger partial charge in [-0.1, -0.05) is 25.7 Å². The Bertz CT molecular complexity index is 40.2. The van der Waals surface area contributed by atoms with Crippen LogP contribution in [0.4, 0.5) is 0 Å². The van der Waals surface area contributed by atoms with Gasteiger partial charge in [0.2, 0.25) is 0 Å². The monoisotopic (exact) mass is 202 g/mol. The van der Waals surface area contributed by atoms with Crippen LogP contribution < -0.4 is 0 Å². The summed E-state index contributed by atoms with van der Waals surface area (Å²) < 4.78 is 0. The van der Waals surface area contributed by atoms with Crippen LogP contribution in [0, 0.1) is 0 Å². The Morgan fingerprint density at radius 3 is 0.636 bits per heavy atom. The van der Waals surface area contributed by atoms with Crippen molar-refractivity contribution in [3.63, 3.8) is 0 Å². The SMILES string of the molecule is C1CCC1.C=O.C=O.C=O.[Fe]. The molecule has 0 saturated heterocycles. The minimum absolute atomic E-state index is 0. The molecule has 0 aromatic heterocycles. The van der Waals surface area contributed by atoms with E-state index >= 15 is 0 Å². The van der Waals surface area contributed by atoms with Crippen LogP contribution in [0.1, 0.15) is 25.7 Å². The summed E-state index contributed by atoms with van der Waals surface area (Å²) in [7, 11) is 0. The third-order valence-electron chi connectivity index (χ3n) is 1.000. The van der Waals surface area contributed by atoms with Crippen molar-refractivity contribution in [3.05, 3.63) is 0 Å².